The Hall–Kier alpha value is -2.55. The molecule has 2 rings (SSSR count). The van der Waals surface area contributed by atoms with Gasteiger partial charge in [-0.05, 0) is 31.2 Å². The lowest BCUT2D eigenvalue weighted by Crippen LogP contribution is -2.27. The smallest absolute Gasteiger partial charge is 0.417 e. The van der Waals surface area contributed by atoms with E-state index in [0.29, 0.717) is 6.07 Å². The Labute approximate surface area is 138 Å². The summed E-state index contributed by atoms with van der Waals surface area (Å²) < 4.78 is 39.4. The molecule has 1 aromatic heterocycles. The monoisotopic (exact) mass is 361 g/mol. The average Bonchev–Trinajstić information content (AvgIpc) is 2.96. The molecule has 0 saturated carbocycles. The van der Waals surface area contributed by atoms with Gasteiger partial charge in [0.05, 0.1) is 10.6 Å². The van der Waals surface area contributed by atoms with E-state index in [2.05, 4.69) is 10.4 Å². The van der Waals surface area contributed by atoms with E-state index >= 15 is 0 Å². The third-order valence-electron chi connectivity index (χ3n) is 3.18. The predicted molar refractivity (Wildman–Crippen MR) is 79.0 cm³/mol. The van der Waals surface area contributed by atoms with Crippen LogP contribution in [0.1, 0.15) is 29.0 Å². The number of nitrogens with one attached hydrogen (secondary N) is 1. The van der Waals surface area contributed by atoms with Crippen LogP contribution in [0.15, 0.2) is 30.5 Å². The van der Waals surface area contributed by atoms with Crippen LogP contribution in [0.4, 0.5) is 18.9 Å². The van der Waals surface area contributed by atoms with Gasteiger partial charge in [0.1, 0.15) is 11.7 Å². The summed E-state index contributed by atoms with van der Waals surface area (Å²) in [7, 11) is 0. The van der Waals surface area contributed by atoms with Crippen molar-refractivity contribution in [2.75, 3.05) is 5.32 Å². The Morgan fingerprint density at radius 3 is 2.58 bits per heavy atom. The first-order valence-corrected chi connectivity index (χ1v) is 6.93. The number of carbonyl (C=O) groups excluding carboxylic acids is 1. The van der Waals surface area contributed by atoms with Crippen LogP contribution >= 0.6 is 11.6 Å². The number of alkyl halides is 3. The highest BCUT2D eigenvalue weighted by atomic mass is 35.5. The molecule has 2 N–H and O–H groups in total. The Morgan fingerprint density at radius 2 is 2.00 bits per heavy atom. The summed E-state index contributed by atoms with van der Waals surface area (Å²) in [5.41, 5.74) is -1.42. The largest absolute Gasteiger partial charge is 0.477 e. The van der Waals surface area contributed by atoms with E-state index in [4.69, 9.17) is 16.7 Å². The maximum Gasteiger partial charge on any atom is 0.417 e. The van der Waals surface area contributed by atoms with E-state index in [1.165, 1.54) is 25.3 Å². The quantitative estimate of drug-likeness (QED) is 0.873. The summed E-state index contributed by atoms with van der Waals surface area (Å²) in [6.07, 6.45) is -3.46. The fourth-order valence-corrected chi connectivity index (χ4v) is 2.19. The normalized spacial score (nSPS) is 12.7. The van der Waals surface area contributed by atoms with Gasteiger partial charge in [-0.15, -0.1) is 0 Å². The second-order valence-corrected chi connectivity index (χ2v) is 5.23. The number of rotatable bonds is 4. The van der Waals surface area contributed by atoms with E-state index in [9.17, 15) is 22.8 Å². The molecule has 128 valence electrons. The molecular weight excluding hydrogens is 351 g/mol. The van der Waals surface area contributed by atoms with E-state index < -0.39 is 34.7 Å². The maximum absolute atomic E-state index is 12.8. The molecule has 0 aliphatic rings. The fourth-order valence-electron chi connectivity index (χ4n) is 1.97. The molecule has 0 aliphatic heterocycles. The number of aromatic nitrogens is 2. The van der Waals surface area contributed by atoms with E-state index in [1.54, 1.807) is 0 Å². The number of benzene rings is 1. The van der Waals surface area contributed by atoms with Gasteiger partial charge in [-0.3, -0.25) is 4.79 Å². The number of carboxylic acid groups (broad SMARTS) is 1. The van der Waals surface area contributed by atoms with Gasteiger partial charge in [0.2, 0.25) is 5.91 Å². The third-order valence-corrected chi connectivity index (χ3v) is 3.50. The van der Waals surface area contributed by atoms with Gasteiger partial charge in [0.15, 0.2) is 0 Å². The van der Waals surface area contributed by atoms with Crippen LogP contribution < -0.4 is 5.32 Å². The topological polar surface area (TPSA) is 84.2 Å². The minimum Gasteiger partial charge on any atom is -0.477 e. The number of anilines is 1. The molecule has 0 bridgehead atoms. The van der Waals surface area contributed by atoms with E-state index in [0.717, 1.165) is 10.7 Å². The van der Waals surface area contributed by atoms with Gasteiger partial charge in [0.25, 0.3) is 0 Å². The summed E-state index contributed by atoms with van der Waals surface area (Å²) in [6, 6.07) is 3.09. The highest BCUT2D eigenvalue weighted by Crippen LogP contribution is 2.36. The lowest BCUT2D eigenvalue weighted by Gasteiger charge is -2.16. The molecule has 0 aliphatic carbocycles. The fraction of sp³-hybridized carbons (Fsp3) is 0.214. The van der Waals surface area contributed by atoms with Gasteiger partial charge < -0.3 is 10.4 Å². The molecular formula is C14H11ClF3N3O3. The zero-order valence-corrected chi connectivity index (χ0v) is 12.9. The highest BCUT2D eigenvalue weighted by Gasteiger charge is 2.33. The van der Waals surface area contributed by atoms with Crippen LogP contribution in [0, 0.1) is 0 Å². The second kappa shape index (κ2) is 6.52. The van der Waals surface area contributed by atoms with Crippen molar-refractivity contribution < 1.29 is 27.9 Å². The zero-order chi connectivity index (χ0) is 18.1. The SMILES string of the molecule is CC(C(=O)Nc1ccc(Cl)c(C(F)(F)F)c1)n1nccc1C(=O)O. The third kappa shape index (κ3) is 3.67. The molecule has 1 heterocycles. The van der Waals surface area contributed by atoms with Gasteiger partial charge in [-0.2, -0.15) is 18.3 Å². The molecule has 24 heavy (non-hydrogen) atoms. The van der Waals surface area contributed by atoms with Crippen molar-refractivity contribution in [1.29, 1.82) is 0 Å². The molecule has 0 fully saturated rings. The molecule has 0 spiro atoms. The minimum atomic E-state index is -4.66. The van der Waals surface area contributed by atoms with Gasteiger partial charge in [0, 0.05) is 11.9 Å². The van der Waals surface area contributed by atoms with Crippen molar-refractivity contribution >= 4 is 29.2 Å². The van der Waals surface area contributed by atoms with Crippen LogP contribution in [0.5, 0.6) is 0 Å². The van der Waals surface area contributed by atoms with Crippen LogP contribution in [0.25, 0.3) is 0 Å². The summed E-state index contributed by atoms with van der Waals surface area (Å²) >= 11 is 5.50. The number of nitrogens with zero attached hydrogens (tertiary/aromatic N) is 2. The Bertz CT molecular complexity index is 789. The number of halogens is 4. The Morgan fingerprint density at radius 1 is 1.33 bits per heavy atom. The first-order chi connectivity index (χ1) is 11.1. The van der Waals surface area contributed by atoms with E-state index in [-0.39, 0.29) is 11.4 Å². The average molecular weight is 362 g/mol. The predicted octanol–water partition coefficient (Wildman–Crippen LogP) is 3.45. The lowest BCUT2D eigenvalue weighted by molar-refractivity contribution is -0.137. The van der Waals surface area contributed by atoms with Crippen molar-refractivity contribution in [3.63, 3.8) is 0 Å². The molecule has 1 amide bonds. The van der Waals surface area contributed by atoms with Crippen molar-refractivity contribution in [2.24, 2.45) is 0 Å². The first kappa shape index (κ1) is 17.8. The van der Waals surface area contributed by atoms with Crippen molar-refractivity contribution in [3.8, 4) is 0 Å². The minimum absolute atomic E-state index is 0.118. The number of hydrogen-bond acceptors (Lipinski definition) is 3. The number of hydrogen-bond donors (Lipinski definition) is 2. The molecule has 10 heteroatoms. The molecule has 1 aromatic carbocycles. The van der Waals surface area contributed by atoms with Crippen LogP contribution in [-0.4, -0.2) is 26.8 Å². The summed E-state index contributed by atoms with van der Waals surface area (Å²) in [5.74, 6) is -2.00. The highest BCUT2D eigenvalue weighted by molar-refractivity contribution is 6.31. The number of amides is 1. The lowest BCUT2D eigenvalue weighted by atomic mass is 10.2. The van der Waals surface area contributed by atoms with E-state index in [1.807, 2.05) is 0 Å². The van der Waals surface area contributed by atoms with Crippen molar-refractivity contribution in [1.82, 2.24) is 9.78 Å². The van der Waals surface area contributed by atoms with Crippen LogP contribution in [0.2, 0.25) is 5.02 Å². The maximum atomic E-state index is 12.8. The standard InChI is InChI=1S/C14H11ClF3N3O3/c1-7(21-11(13(23)24)4-5-19-21)12(22)20-8-2-3-10(15)9(6-8)14(16,17)18/h2-7H,1H3,(H,20,22)(H,23,24). The Balaban J connectivity index is 2.23. The van der Waals surface area contributed by atoms with Crippen LogP contribution in [-0.2, 0) is 11.0 Å². The summed E-state index contributed by atoms with van der Waals surface area (Å²) in [4.78, 5) is 23.2. The first-order valence-electron chi connectivity index (χ1n) is 6.55. The summed E-state index contributed by atoms with van der Waals surface area (Å²) in [5, 5.41) is 14.5. The summed E-state index contributed by atoms with van der Waals surface area (Å²) in [6.45, 7) is 1.37. The van der Waals surface area contributed by atoms with Gasteiger partial charge in [-0.25, -0.2) is 9.48 Å². The number of carbonyl (C=O) groups is 2. The van der Waals surface area contributed by atoms with Gasteiger partial charge in [-0.1, -0.05) is 11.6 Å². The second-order valence-electron chi connectivity index (χ2n) is 4.82. The van der Waals surface area contributed by atoms with Gasteiger partial charge >= 0.3 is 12.1 Å². The zero-order valence-electron chi connectivity index (χ0n) is 12.1. The van der Waals surface area contributed by atoms with Crippen molar-refractivity contribution in [2.45, 2.75) is 19.1 Å². The molecule has 0 radical (unpaired) electrons. The molecule has 1 unspecified atom stereocenters. The van der Waals surface area contributed by atoms with Crippen molar-refractivity contribution in [3.05, 3.63) is 46.7 Å². The molecule has 0 saturated heterocycles. The molecule has 6 nitrogen and oxygen atoms in total. The van der Waals surface area contributed by atoms with Crippen LogP contribution in [0.3, 0.4) is 0 Å². The number of carboxylic acids is 1. The Kier molecular flexibility index (Phi) is 4.83. The molecule has 1 atom stereocenters. The molecule has 2 aromatic rings. The number of aromatic carboxylic acids is 1.